The normalized spacial score (nSPS) is 18.9. The van der Waals surface area contributed by atoms with Crippen molar-refractivity contribution < 1.29 is 9.53 Å². The van der Waals surface area contributed by atoms with E-state index < -0.39 is 0 Å². The standard InChI is InChI=1S/C24H23N3O2/c1-29-22-14-10-20(11-15-22)23-25-16-5-17-26(25)24(28)27(23)21-12-8-19(9-13-21)18-6-3-2-4-7-18/h2-4,6-15,23H,5,16-17H2,1H3/t23-/m0/s1. The van der Waals surface area contributed by atoms with Crippen LogP contribution in [0.1, 0.15) is 18.2 Å². The summed E-state index contributed by atoms with van der Waals surface area (Å²) in [4.78, 5) is 15.1. The molecule has 0 saturated carbocycles. The van der Waals surface area contributed by atoms with Gasteiger partial charge in [0.1, 0.15) is 11.9 Å². The maximum absolute atomic E-state index is 13.2. The quantitative estimate of drug-likeness (QED) is 0.639. The number of rotatable bonds is 4. The highest BCUT2D eigenvalue weighted by atomic mass is 16.5. The van der Waals surface area contributed by atoms with Crippen LogP contribution in [0.5, 0.6) is 5.75 Å². The number of hydrogen-bond donors (Lipinski definition) is 0. The molecule has 0 radical (unpaired) electrons. The molecule has 2 fully saturated rings. The van der Waals surface area contributed by atoms with Crippen LogP contribution in [0.15, 0.2) is 78.9 Å². The number of carbonyl (C=O) groups is 1. The topological polar surface area (TPSA) is 36.0 Å². The molecule has 1 atom stereocenters. The number of fused-ring (bicyclic) bond motifs is 1. The summed E-state index contributed by atoms with van der Waals surface area (Å²) in [5.74, 6) is 0.815. The lowest BCUT2D eigenvalue weighted by Gasteiger charge is -2.28. The second-order valence-electron chi connectivity index (χ2n) is 7.35. The predicted octanol–water partition coefficient (Wildman–Crippen LogP) is 4.92. The minimum atomic E-state index is -0.140. The fourth-order valence-electron chi connectivity index (χ4n) is 4.25. The summed E-state index contributed by atoms with van der Waals surface area (Å²) < 4.78 is 5.30. The molecule has 29 heavy (non-hydrogen) atoms. The van der Waals surface area contributed by atoms with Gasteiger partial charge in [-0.05, 0) is 47.4 Å². The maximum atomic E-state index is 13.2. The molecule has 2 heterocycles. The summed E-state index contributed by atoms with van der Waals surface area (Å²) in [6, 6.07) is 26.6. The van der Waals surface area contributed by atoms with E-state index in [-0.39, 0.29) is 12.2 Å². The molecule has 3 aromatic rings. The molecule has 0 aliphatic carbocycles. The van der Waals surface area contributed by atoms with Crippen LogP contribution in [0.2, 0.25) is 0 Å². The lowest BCUT2D eigenvalue weighted by molar-refractivity contribution is 0.0727. The van der Waals surface area contributed by atoms with Crippen LogP contribution in [0, 0.1) is 0 Å². The zero-order valence-electron chi connectivity index (χ0n) is 16.4. The lowest BCUT2D eigenvalue weighted by Crippen LogP contribution is -2.32. The Morgan fingerprint density at radius 3 is 2.21 bits per heavy atom. The minimum Gasteiger partial charge on any atom is -0.497 e. The Kier molecular flexibility index (Phi) is 4.45. The second kappa shape index (κ2) is 7.26. The summed E-state index contributed by atoms with van der Waals surface area (Å²) in [6.45, 7) is 1.64. The molecule has 0 bridgehead atoms. The van der Waals surface area contributed by atoms with Gasteiger partial charge in [-0.2, -0.15) is 5.01 Å². The first-order valence-corrected chi connectivity index (χ1v) is 9.93. The average molecular weight is 385 g/mol. The third-order valence-corrected chi connectivity index (χ3v) is 5.69. The lowest BCUT2D eigenvalue weighted by atomic mass is 10.0. The Bertz CT molecular complexity index is 1000. The summed E-state index contributed by atoms with van der Waals surface area (Å²) in [6.07, 6.45) is 0.859. The highest BCUT2D eigenvalue weighted by Gasteiger charge is 2.47. The molecule has 3 aromatic carbocycles. The van der Waals surface area contributed by atoms with Crippen molar-refractivity contribution in [1.82, 2.24) is 10.0 Å². The zero-order chi connectivity index (χ0) is 19.8. The fraction of sp³-hybridized carbons (Fsp3) is 0.208. The Morgan fingerprint density at radius 2 is 1.52 bits per heavy atom. The number of benzene rings is 3. The third-order valence-electron chi connectivity index (χ3n) is 5.69. The Labute approximate surface area is 170 Å². The van der Waals surface area contributed by atoms with E-state index in [1.54, 1.807) is 7.11 Å². The highest BCUT2D eigenvalue weighted by Crippen LogP contribution is 2.41. The minimum absolute atomic E-state index is 0.0378. The van der Waals surface area contributed by atoms with Crippen LogP contribution in [0.3, 0.4) is 0 Å². The predicted molar refractivity (Wildman–Crippen MR) is 114 cm³/mol. The van der Waals surface area contributed by atoms with Crippen molar-refractivity contribution in [3.63, 3.8) is 0 Å². The van der Waals surface area contributed by atoms with Crippen LogP contribution in [0.4, 0.5) is 10.5 Å². The SMILES string of the molecule is COc1ccc([C@@H]2N(c3ccc(-c4ccccc4)cc3)C(=O)N3CCCN23)cc1. The summed E-state index contributed by atoms with van der Waals surface area (Å²) in [5.41, 5.74) is 4.30. The molecule has 0 N–H and O–H groups in total. The van der Waals surface area contributed by atoms with Crippen LogP contribution >= 0.6 is 0 Å². The Balaban J connectivity index is 1.51. The molecule has 0 spiro atoms. The van der Waals surface area contributed by atoms with E-state index in [0.717, 1.165) is 42.1 Å². The number of nitrogens with zero attached hydrogens (tertiary/aromatic N) is 3. The van der Waals surface area contributed by atoms with Crippen molar-refractivity contribution in [1.29, 1.82) is 0 Å². The number of urea groups is 1. The molecule has 2 amide bonds. The van der Waals surface area contributed by atoms with E-state index in [0.29, 0.717) is 0 Å². The van der Waals surface area contributed by atoms with Crippen molar-refractivity contribution in [3.05, 3.63) is 84.4 Å². The number of anilines is 1. The molecule has 0 unspecified atom stereocenters. The molecule has 5 nitrogen and oxygen atoms in total. The fourth-order valence-corrected chi connectivity index (χ4v) is 4.25. The van der Waals surface area contributed by atoms with E-state index in [1.807, 2.05) is 64.5 Å². The summed E-state index contributed by atoms with van der Waals surface area (Å²) in [7, 11) is 1.66. The number of methoxy groups -OCH3 is 1. The van der Waals surface area contributed by atoms with Crippen LogP contribution in [-0.4, -0.2) is 36.2 Å². The zero-order valence-corrected chi connectivity index (χ0v) is 16.4. The second-order valence-corrected chi connectivity index (χ2v) is 7.35. The van der Waals surface area contributed by atoms with E-state index in [1.165, 1.54) is 5.56 Å². The van der Waals surface area contributed by atoms with Crippen LogP contribution in [-0.2, 0) is 0 Å². The van der Waals surface area contributed by atoms with Gasteiger partial charge >= 0.3 is 6.03 Å². The van der Waals surface area contributed by atoms with E-state index in [4.69, 9.17) is 4.74 Å². The monoisotopic (exact) mass is 385 g/mol. The molecular weight excluding hydrogens is 362 g/mol. The number of carbonyl (C=O) groups excluding carboxylic acids is 1. The first-order chi connectivity index (χ1) is 14.3. The maximum Gasteiger partial charge on any atom is 0.340 e. The van der Waals surface area contributed by atoms with Gasteiger partial charge in [-0.3, -0.25) is 9.91 Å². The van der Waals surface area contributed by atoms with Crippen molar-refractivity contribution in [2.45, 2.75) is 12.6 Å². The molecule has 2 aliphatic heterocycles. The van der Waals surface area contributed by atoms with Gasteiger partial charge in [-0.15, -0.1) is 0 Å². The van der Waals surface area contributed by atoms with Crippen molar-refractivity contribution in [2.75, 3.05) is 25.1 Å². The summed E-state index contributed by atoms with van der Waals surface area (Å²) >= 11 is 0. The molecule has 5 heteroatoms. The van der Waals surface area contributed by atoms with Crippen LogP contribution in [0.25, 0.3) is 11.1 Å². The smallest absolute Gasteiger partial charge is 0.340 e. The van der Waals surface area contributed by atoms with E-state index in [9.17, 15) is 4.79 Å². The van der Waals surface area contributed by atoms with Gasteiger partial charge in [0.25, 0.3) is 0 Å². The third kappa shape index (κ3) is 3.04. The molecular formula is C24H23N3O2. The number of hydrogen-bond acceptors (Lipinski definition) is 3. The molecule has 5 rings (SSSR count). The molecule has 2 saturated heterocycles. The van der Waals surface area contributed by atoms with E-state index in [2.05, 4.69) is 29.3 Å². The number of ether oxygens (including phenoxy) is 1. The largest absolute Gasteiger partial charge is 0.497 e. The summed E-state index contributed by atoms with van der Waals surface area (Å²) in [5, 5.41) is 4.05. The van der Waals surface area contributed by atoms with E-state index >= 15 is 0 Å². The molecule has 0 aromatic heterocycles. The van der Waals surface area contributed by atoms with Crippen LogP contribution < -0.4 is 9.64 Å². The van der Waals surface area contributed by atoms with Gasteiger partial charge in [0.05, 0.1) is 7.11 Å². The molecule has 146 valence electrons. The van der Waals surface area contributed by atoms with Crippen molar-refractivity contribution >= 4 is 11.7 Å². The average Bonchev–Trinajstić information content (AvgIpc) is 3.37. The van der Waals surface area contributed by atoms with Gasteiger partial charge in [0, 0.05) is 18.8 Å². The highest BCUT2D eigenvalue weighted by molar-refractivity contribution is 5.95. The Morgan fingerprint density at radius 1 is 0.828 bits per heavy atom. The van der Waals surface area contributed by atoms with Gasteiger partial charge < -0.3 is 4.74 Å². The molecule has 2 aliphatic rings. The van der Waals surface area contributed by atoms with Crippen molar-refractivity contribution in [2.24, 2.45) is 0 Å². The van der Waals surface area contributed by atoms with Gasteiger partial charge in [0.15, 0.2) is 0 Å². The Hall–Kier alpha value is -3.31. The van der Waals surface area contributed by atoms with Gasteiger partial charge in [-0.25, -0.2) is 4.79 Å². The first kappa shape index (κ1) is 17.8. The number of amides is 2. The van der Waals surface area contributed by atoms with Gasteiger partial charge in [-0.1, -0.05) is 54.6 Å². The van der Waals surface area contributed by atoms with Gasteiger partial charge in [0.2, 0.25) is 0 Å². The van der Waals surface area contributed by atoms with Crippen molar-refractivity contribution in [3.8, 4) is 16.9 Å². The first-order valence-electron chi connectivity index (χ1n) is 9.93. The number of hydrazine groups is 1.